The molecule has 0 radical (unpaired) electrons. The van der Waals surface area contributed by atoms with Crippen molar-refractivity contribution in [1.82, 2.24) is 14.9 Å². The first kappa shape index (κ1) is 27.4. The van der Waals surface area contributed by atoms with Crippen molar-refractivity contribution in [2.45, 2.75) is 32.0 Å². The topological polar surface area (TPSA) is 106 Å². The summed E-state index contributed by atoms with van der Waals surface area (Å²) in [7, 11) is 0. The van der Waals surface area contributed by atoms with Crippen LogP contribution >= 0.6 is 0 Å². The SMILES string of the molecule is C[C@@H]1[C@H](CN2CCOCC2)O[C@H](c2cccc(NC(=O)c3cnc4ccccc4n3)c2)O[C@@H]1c1ccc(CO)cc1. The van der Waals surface area contributed by atoms with E-state index >= 15 is 0 Å². The number of hydrogen-bond donors (Lipinski definition) is 2. The Morgan fingerprint density at radius 2 is 1.76 bits per heavy atom. The smallest absolute Gasteiger partial charge is 0.275 e. The highest BCUT2D eigenvalue weighted by molar-refractivity contribution is 6.03. The van der Waals surface area contributed by atoms with Crippen LogP contribution in [-0.4, -0.2) is 64.8 Å². The van der Waals surface area contributed by atoms with Crippen molar-refractivity contribution >= 4 is 22.6 Å². The normalized spacial score (nSPS) is 23.4. The highest BCUT2D eigenvalue weighted by Gasteiger charge is 2.39. The summed E-state index contributed by atoms with van der Waals surface area (Å²) in [5, 5.41) is 12.5. The summed E-state index contributed by atoms with van der Waals surface area (Å²) in [6, 6.07) is 22.9. The lowest BCUT2D eigenvalue weighted by Gasteiger charge is -2.43. The van der Waals surface area contributed by atoms with Gasteiger partial charge in [0.1, 0.15) is 5.69 Å². The lowest BCUT2D eigenvalue weighted by molar-refractivity contribution is -0.277. The van der Waals surface area contributed by atoms with Gasteiger partial charge in [-0.15, -0.1) is 0 Å². The molecule has 2 aliphatic heterocycles. The van der Waals surface area contributed by atoms with Crippen molar-refractivity contribution < 1.29 is 24.1 Å². The Kier molecular flexibility index (Phi) is 8.31. The highest BCUT2D eigenvalue weighted by atomic mass is 16.7. The molecular weight excluding hydrogens is 520 g/mol. The van der Waals surface area contributed by atoms with E-state index in [4.69, 9.17) is 14.2 Å². The fraction of sp³-hybridized carbons (Fsp3) is 0.344. The van der Waals surface area contributed by atoms with E-state index in [0.29, 0.717) is 11.2 Å². The van der Waals surface area contributed by atoms with Crippen LogP contribution in [0.1, 0.15) is 46.5 Å². The van der Waals surface area contributed by atoms with Crippen molar-refractivity contribution in [1.29, 1.82) is 0 Å². The molecule has 41 heavy (non-hydrogen) atoms. The lowest BCUT2D eigenvalue weighted by Crippen LogP contribution is -2.47. The van der Waals surface area contributed by atoms with Crippen LogP contribution in [0.15, 0.2) is 79.0 Å². The van der Waals surface area contributed by atoms with Crippen LogP contribution in [0, 0.1) is 5.92 Å². The minimum atomic E-state index is -0.628. The first-order chi connectivity index (χ1) is 20.1. The van der Waals surface area contributed by atoms with Gasteiger partial charge in [-0.2, -0.15) is 0 Å². The summed E-state index contributed by atoms with van der Waals surface area (Å²) in [5.41, 5.74) is 4.95. The van der Waals surface area contributed by atoms with E-state index in [2.05, 4.69) is 27.1 Å². The van der Waals surface area contributed by atoms with Crippen LogP contribution in [0.2, 0.25) is 0 Å². The predicted molar refractivity (Wildman–Crippen MR) is 154 cm³/mol. The zero-order valence-electron chi connectivity index (χ0n) is 23.0. The van der Waals surface area contributed by atoms with Crippen LogP contribution in [-0.2, 0) is 20.8 Å². The standard InChI is InChI=1S/C32H34N4O5/c1-21-29(19-36-13-15-39-16-14-36)40-32(41-30(21)23-11-9-22(20-37)10-12-23)24-5-4-6-25(17-24)34-31(38)28-18-33-26-7-2-3-8-27(26)35-28/h2-12,17-18,21,29-30,32,37H,13-16,19-20H2,1H3,(H,34,38)/t21-,29+,30+,32+/m1/s1. The molecule has 0 bridgehead atoms. The predicted octanol–water partition coefficient (Wildman–Crippen LogP) is 4.50. The second-order valence-corrected chi connectivity index (χ2v) is 10.6. The number of carbonyl (C=O) groups is 1. The van der Waals surface area contributed by atoms with E-state index < -0.39 is 6.29 Å². The largest absolute Gasteiger partial charge is 0.392 e. The molecule has 2 N–H and O–H groups in total. The molecule has 2 saturated heterocycles. The summed E-state index contributed by atoms with van der Waals surface area (Å²) in [6.45, 7) is 6.10. The Balaban J connectivity index is 1.23. The van der Waals surface area contributed by atoms with Gasteiger partial charge in [0.2, 0.25) is 0 Å². The number of amides is 1. The van der Waals surface area contributed by atoms with Gasteiger partial charge in [-0.25, -0.2) is 4.98 Å². The Bertz CT molecular complexity index is 1490. The number of morpholine rings is 1. The number of aliphatic hydroxyl groups excluding tert-OH is 1. The number of fused-ring (bicyclic) bond motifs is 1. The maximum absolute atomic E-state index is 13.0. The molecule has 6 rings (SSSR count). The number of aromatic nitrogens is 2. The van der Waals surface area contributed by atoms with Gasteiger partial charge < -0.3 is 24.6 Å². The second-order valence-electron chi connectivity index (χ2n) is 10.6. The molecule has 0 aliphatic carbocycles. The molecule has 9 nitrogen and oxygen atoms in total. The van der Waals surface area contributed by atoms with Crippen LogP contribution < -0.4 is 5.32 Å². The molecule has 0 unspecified atom stereocenters. The van der Waals surface area contributed by atoms with Crippen LogP contribution in [0.25, 0.3) is 11.0 Å². The number of nitrogens with one attached hydrogen (secondary N) is 1. The summed E-state index contributed by atoms with van der Waals surface area (Å²) in [6.07, 6.45) is 0.565. The molecule has 9 heteroatoms. The highest BCUT2D eigenvalue weighted by Crippen LogP contribution is 2.42. The fourth-order valence-electron chi connectivity index (χ4n) is 5.39. The van der Waals surface area contributed by atoms with E-state index in [0.717, 1.165) is 55.1 Å². The third-order valence-corrected chi connectivity index (χ3v) is 7.76. The average molecular weight is 555 g/mol. The fourth-order valence-corrected chi connectivity index (χ4v) is 5.39. The Hall–Kier alpha value is -3.73. The second kappa shape index (κ2) is 12.4. The third-order valence-electron chi connectivity index (χ3n) is 7.76. The number of para-hydroxylation sites is 2. The van der Waals surface area contributed by atoms with Crippen molar-refractivity contribution in [3.05, 3.63) is 101 Å². The quantitative estimate of drug-likeness (QED) is 0.344. The zero-order chi connectivity index (χ0) is 28.2. The molecular formula is C32H34N4O5. The number of rotatable bonds is 7. The lowest BCUT2D eigenvalue weighted by atomic mass is 9.90. The summed E-state index contributed by atoms with van der Waals surface area (Å²) in [5.74, 6) is -0.255. The first-order valence-electron chi connectivity index (χ1n) is 14.0. The van der Waals surface area contributed by atoms with E-state index in [1.54, 1.807) is 0 Å². The van der Waals surface area contributed by atoms with Crippen LogP contribution in [0.5, 0.6) is 0 Å². The number of ether oxygens (including phenoxy) is 3. The summed E-state index contributed by atoms with van der Waals surface area (Å²) in [4.78, 5) is 24.2. The molecule has 2 fully saturated rings. The first-order valence-corrected chi connectivity index (χ1v) is 14.0. The van der Waals surface area contributed by atoms with E-state index in [9.17, 15) is 9.90 Å². The molecule has 0 saturated carbocycles. The molecule has 1 amide bonds. The van der Waals surface area contributed by atoms with Crippen molar-refractivity contribution in [2.24, 2.45) is 5.92 Å². The molecule has 3 aromatic carbocycles. The third kappa shape index (κ3) is 6.29. The van der Waals surface area contributed by atoms with Gasteiger partial charge in [0.05, 0.1) is 49.3 Å². The van der Waals surface area contributed by atoms with E-state index in [1.807, 2.05) is 72.8 Å². The van der Waals surface area contributed by atoms with Gasteiger partial charge >= 0.3 is 0 Å². The summed E-state index contributed by atoms with van der Waals surface area (Å²) >= 11 is 0. The minimum Gasteiger partial charge on any atom is -0.392 e. The Morgan fingerprint density at radius 3 is 2.54 bits per heavy atom. The van der Waals surface area contributed by atoms with Crippen LogP contribution in [0.3, 0.4) is 0 Å². The van der Waals surface area contributed by atoms with Crippen molar-refractivity contribution in [3.8, 4) is 0 Å². The number of benzene rings is 3. The molecule has 212 valence electrons. The van der Waals surface area contributed by atoms with Gasteiger partial charge in [-0.1, -0.05) is 55.5 Å². The monoisotopic (exact) mass is 554 g/mol. The molecule has 0 spiro atoms. The number of anilines is 1. The number of nitrogens with zero attached hydrogens (tertiary/aromatic N) is 3. The molecule has 3 heterocycles. The number of hydrogen-bond acceptors (Lipinski definition) is 8. The Morgan fingerprint density at radius 1 is 0.976 bits per heavy atom. The number of carbonyl (C=O) groups excluding carboxylic acids is 1. The molecule has 4 aromatic rings. The van der Waals surface area contributed by atoms with Gasteiger partial charge in [0.15, 0.2) is 6.29 Å². The van der Waals surface area contributed by atoms with Crippen molar-refractivity contribution in [2.75, 3.05) is 38.2 Å². The van der Waals surface area contributed by atoms with Gasteiger partial charge in [-0.05, 0) is 35.4 Å². The van der Waals surface area contributed by atoms with Gasteiger partial charge in [0.25, 0.3) is 5.91 Å². The minimum absolute atomic E-state index is 0.00392. The maximum atomic E-state index is 13.0. The van der Waals surface area contributed by atoms with Crippen LogP contribution in [0.4, 0.5) is 5.69 Å². The Labute approximate surface area is 239 Å². The number of aliphatic hydroxyl groups is 1. The van der Waals surface area contributed by atoms with Gasteiger partial charge in [-0.3, -0.25) is 14.7 Å². The molecule has 2 aliphatic rings. The molecule has 1 aromatic heterocycles. The zero-order valence-corrected chi connectivity index (χ0v) is 23.0. The van der Waals surface area contributed by atoms with E-state index in [-0.39, 0.29) is 36.3 Å². The molecule has 4 atom stereocenters. The van der Waals surface area contributed by atoms with E-state index in [1.165, 1.54) is 6.20 Å². The average Bonchev–Trinajstić information content (AvgIpc) is 3.02. The van der Waals surface area contributed by atoms with Gasteiger partial charge in [0, 0.05) is 36.8 Å². The van der Waals surface area contributed by atoms with Crippen molar-refractivity contribution in [3.63, 3.8) is 0 Å². The maximum Gasteiger partial charge on any atom is 0.275 e. The summed E-state index contributed by atoms with van der Waals surface area (Å²) < 4.78 is 18.7.